The maximum atomic E-state index is 12.2. The van der Waals surface area contributed by atoms with Crippen LogP contribution in [-0.2, 0) is 4.79 Å². The molecule has 0 radical (unpaired) electrons. The highest BCUT2D eigenvalue weighted by Gasteiger charge is 2.32. The molecule has 3 aromatic rings. The lowest BCUT2D eigenvalue weighted by Crippen LogP contribution is -2.29. The SMILES string of the molecule is CCNC(=O)[C@H]1CC[C@@H](n2nncc2-c2ccc(-c3ccc(OCC4CC4)cc3)cc2)C1. The fourth-order valence-corrected chi connectivity index (χ4v) is 4.53. The number of ether oxygens (including phenoxy) is 1. The molecule has 2 aliphatic rings. The number of carbonyl (C=O) groups is 1. The summed E-state index contributed by atoms with van der Waals surface area (Å²) in [6.07, 6.45) is 7.08. The number of carbonyl (C=O) groups excluding carboxylic acids is 1. The third-order valence-electron chi connectivity index (χ3n) is 6.60. The lowest BCUT2D eigenvalue weighted by Gasteiger charge is -2.14. The maximum Gasteiger partial charge on any atom is 0.223 e. The Balaban J connectivity index is 1.27. The summed E-state index contributed by atoms with van der Waals surface area (Å²) in [5.41, 5.74) is 4.42. The van der Waals surface area contributed by atoms with Crippen molar-refractivity contribution in [1.29, 1.82) is 0 Å². The lowest BCUT2D eigenvalue weighted by atomic mass is 10.0. The normalized spacial score (nSPS) is 20.3. The highest BCUT2D eigenvalue weighted by Crippen LogP contribution is 2.37. The molecule has 2 aliphatic carbocycles. The second-order valence-electron chi connectivity index (χ2n) is 8.98. The Hall–Kier alpha value is -3.15. The van der Waals surface area contributed by atoms with E-state index in [9.17, 15) is 4.79 Å². The van der Waals surface area contributed by atoms with Crippen LogP contribution in [-0.4, -0.2) is 34.1 Å². The van der Waals surface area contributed by atoms with Crippen molar-refractivity contribution in [2.75, 3.05) is 13.2 Å². The van der Waals surface area contributed by atoms with Crippen LogP contribution < -0.4 is 10.1 Å². The molecule has 2 atom stereocenters. The van der Waals surface area contributed by atoms with Gasteiger partial charge in [-0.05, 0) is 68.2 Å². The van der Waals surface area contributed by atoms with Crippen LogP contribution in [0.15, 0.2) is 54.7 Å². The summed E-state index contributed by atoms with van der Waals surface area (Å²) >= 11 is 0. The summed E-state index contributed by atoms with van der Waals surface area (Å²) < 4.78 is 7.85. The van der Waals surface area contributed by atoms with Gasteiger partial charge in [-0.3, -0.25) is 4.79 Å². The zero-order valence-corrected chi connectivity index (χ0v) is 18.5. The average Bonchev–Trinajstić information content (AvgIpc) is 3.31. The number of rotatable bonds is 8. The molecule has 166 valence electrons. The van der Waals surface area contributed by atoms with Crippen LogP contribution in [0.1, 0.15) is 45.1 Å². The van der Waals surface area contributed by atoms with Gasteiger partial charge in [0.2, 0.25) is 5.91 Å². The highest BCUT2D eigenvalue weighted by atomic mass is 16.5. The molecule has 0 spiro atoms. The van der Waals surface area contributed by atoms with Crippen molar-refractivity contribution in [3.63, 3.8) is 0 Å². The fraction of sp³-hybridized carbons (Fsp3) is 0.423. The van der Waals surface area contributed by atoms with Crippen LogP contribution in [0.4, 0.5) is 0 Å². The Morgan fingerprint density at radius 1 is 1.00 bits per heavy atom. The molecule has 0 unspecified atom stereocenters. The first kappa shape index (κ1) is 20.7. The number of nitrogens with zero attached hydrogens (tertiary/aromatic N) is 3. The van der Waals surface area contributed by atoms with E-state index in [2.05, 4.69) is 64.2 Å². The van der Waals surface area contributed by atoms with Gasteiger partial charge in [-0.15, -0.1) is 5.10 Å². The van der Waals surface area contributed by atoms with Gasteiger partial charge in [0.1, 0.15) is 5.75 Å². The van der Waals surface area contributed by atoms with Gasteiger partial charge in [-0.25, -0.2) is 4.68 Å². The first-order chi connectivity index (χ1) is 15.7. The zero-order chi connectivity index (χ0) is 21.9. The molecule has 0 aliphatic heterocycles. The molecule has 5 rings (SSSR count). The minimum Gasteiger partial charge on any atom is -0.493 e. The van der Waals surface area contributed by atoms with Gasteiger partial charge in [-0.1, -0.05) is 41.6 Å². The van der Waals surface area contributed by atoms with Gasteiger partial charge in [0.05, 0.1) is 24.5 Å². The molecular weight excluding hydrogens is 400 g/mol. The minimum absolute atomic E-state index is 0.0654. The van der Waals surface area contributed by atoms with Crippen molar-refractivity contribution in [2.45, 2.75) is 45.1 Å². The summed E-state index contributed by atoms with van der Waals surface area (Å²) in [5.74, 6) is 1.92. The molecule has 0 bridgehead atoms. The Morgan fingerprint density at radius 3 is 2.38 bits per heavy atom. The lowest BCUT2D eigenvalue weighted by molar-refractivity contribution is -0.124. The molecule has 2 aromatic carbocycles. The predicted molar refractivity (Wildman–Crippen MR) is 124 cm³/mol. The van der Waals surface area contributed by atoms with Crippen LogP contribution >= 0.6 is 0 Å². The van der Waals surface area contributed by atoms with E-state index in [-0.39, 0.29) is 17.9 Å². The Labute approximate surface area is 189 Å². The largest absolute Gasteiger partial charge is 0.493 e. The average molecular weight is 431 g/mol. The summed E-state index contributed by atoms with van der Waals surface area (Å²) in [6, 6.07) is 17.1. The predicted octanol–water partition coefficient (Wildman–Crippen LogP) is 4.88. The molecule has 6 nitrogen and oxygen atoms in total. The van der Waals surface area contributed by atoms with Crippen LogP contribution in [0.3, 0.4) is 0 Å². The number of benzene rings is 2. The highest BCUT2D eigenvalue weighted by molar-refractivity contribution is 5.79. The quantitative estimate of drug-likeness (QED) is 0.553. The third-order valence-corrected chi connectivity index (χ3v) is 6.60. The first-order valence-corrected chi connectivity index (χ1v) is 11.7. The van der Waals surface area contributed by atoms with E-state index in [1.807, 2.05) is 17.8 Å². The summed E-state index contributed by atoms with van der Waals surface area (Å²) in [4.78, 5) is 12.2. The third kappa shape index (κ3) is 4.54. The van der Waals surface area contributed by atoms with Gasteiger partial charge in [0, 0.05) is 18.0 Å². The van der Waals surface area contributed by atoms with E-state index < -0.39 is 0 Å². The molecule has 1 heterocycles. The van der Waals surface area contributed by atoms with Crippen LogP contribution in [0.5, 0.6) is 5.75 Å². The fourth-order valence-electron chi connectivity index (χ4n) is 4.53. The number of amides is 1. The Bertz CT molecular complexity index is 1050. The number of hydrogen-bond acceptors (Lipinski definition) is 4. The molecule has 2 fully saturated rings. The van der Waals surface area contributed by atoms with Crippen molar-refractivity contribution in [3.05, 3.63) is 54.7 Å². The maximum absolute atomic E-state index is 12.2. The van der Waals surface area contributed by atoms with Crippen molar-refractivity contribution in [3.8, 4) is 28.1 Å². The minimum atomic E-state index is 0.0654. The molecule has 1 N–H and O–H groups in total. The number of hydrogen-bond donors (Lipinski definition) is 1. The van der Waals surface area contributed by atoms with Crippen LogP contribution in [0.2, 0.25) is 0 Å². The molecule has 6 heteroatoms. The van der Waals surface area contributed by atoms with E-state index >= 15 is 0 Å². The van der Waals surface area contributed by atoms with Crippen molar-refractivity contribution in [1.82, 2.24) is 20.3 Å². The summed E-state index contributed by atoms with van der Waals surface area (Å²) in [6.45, 7) is 3.47. The molecule has 1 amide bonds. The first-order valence-electron chi connectivity index (χ1n) is 11.7. The number of nitrogens with one attached hydrogen (secondary N) is 1. The number of aromatic nitrogens is 3. The summed E-state index contributed by atoms with van der Waals surface area (Å²) in [5, 5.41) is 11.5. The van der Waals surface area contributed by atoms with E-state index in [1.54, 1.807) is 0 Å². The van der Waals surface area contributed by atoms with Gasteiger partial charge in [-0.2, -0.15) is 0 Å². The van der Waals surface area contributed by atoms with Crippen molar-refractivity contribution in [2.24, 2.45) is 11.8 Å². The van der Waals surface area contributed by atoms with Crippen LogP contribution in [0.25, 0.3) is 22.4 Å². The topological polar surface area (TPSA) is 69.0 Å². The second-order valence-corrected chi connectivity index (χ2v) is 8.98. The Kier molecular flexibility index (Phi) is 5.93. The second kappa shape index (κ2) is 9.15. The smallest absolute Gasteiger partial charge is 0.223 e. The molecular formula is C26H30N4O2. The van der Waals surface area contributed by atoms with Gasteiger partial charge in [0.15, 0.2) is 0 Å². The molecule has 1 aromatic heterocycles. The van der Waals surface area contributed by atoms with E-state index in [1.165, 1.54) is 24.0 Å². The molecule has 2 saturated carbocycles. The van der Waals surface area contributed by atoms with E-state index in [4.69, 9.17) is 4.74 Å². The van der Waals surface area contributed by atoms with Crippen LogP contribution in [0, 0.1) is 11.8 Å². The molecule has 0 saturated heterocycles. The summed E-state index contributed by atoms with van der Waals surface area (Å²) in [7, 11) is 0. The van der Waals surface area contributed by atoms with E-state index in [0.29, 0.717) is 6.54 Å². The standard InChI is InChI=1S/C26H30N4O2/c1-2-27-26(31)22-9-12-23(15-22)30-25(16-28-29-30)21-7-5-19(6-8-21)20-10-13-24(14-11-20)32-17-18-3-4-18/h5-8,10-11,13-14,16,18,22-23H,2-4,9,12,15,17H2,1H3,(H,27,31)/t22-,23+/m0/s1. The van der Waals surface area contributed by atoms with E-state index in [0.717, 1.165) is 48.8 Å². The van der Waals surface area contributed by atoms with Gasteiger partial charge in [0.25, 0.3) is 0 Å². The van der Waals surface area contributed by atoms with Gasteiger partial charge < -0.3 is 10.1 Å². The zero-order valence-electron chi connectivity index (χ0n) is 18.5. The monoisotopic (exact) mass is 430 g/mol. The van der Waals surface area contributed by atoms with Crippen molar-refractivity contribution < 1.29 is 9.53 Å². The van der Waals surface area contributed by atoms with Crippen molar-refractivity contribution >= 4 is 5.91 Å². The van der Waals surface area contributed by atoms with Gasteiger partial charge >= 0.3 is 0 Å². The Morgan fingerprint density at radius 2 is 1.69 bits per heavy atom. The molecule has 32 heavy (non-hydrogen) atoms.